The van der Waals surface area contributed by atoms with Gasteiger partial charge in [0, 0.05) is 17.8 Å². The molecule has 292 valence electrons. The van der Waals surface area contributed by atoms with Crippen LogP contribution in [0.3, 0.4) is 0 Å². The minimum atomic E-state index is -0.928. The van der Waals surface area contributed by atoms with E-state index >= 15 is 0 Å². The standard InChI is InChI=1S/C22H24Cl2N2O5.C18H17Cl2NO3/c1-22(2,3)31-21(29)26-17(20(28)30-4)12-13-8-10-14(11-9-13)25-19(27)18-15(23)6-5-7-16(18)24;1-11(18(23)24-2)10-12-6-8-13(9-7-12)21-17(22)16-14(19)4-3-5-15(16)20/h5-11,17H,12H2,1-4H3,(H,25,27)(H,26,29);3-9,11H,10H2,1-2H3,(H,21,22). The largest absolute Gasteiger partial charge is 0.469 e. The number of methoxy groups -OCH3 is 2. The Morgan fingerprint density at radius 2 is 0.982 bits per heavy atom. The number of amides is 3. The summed E-state index contributed by atoms with van der Waals surface area (Å²) in [5, 5.41) is 9.08. The lowest BCUT2D eigenvalue weighted by Crippen LogP contribution is -2.45. The predicted octanol–water partition coefficient (Wildman–Crippen LogP) is 9.45. The van der Waals surface area contributed by atoms with E-state index in [0.29, 0.717) is 27.8 Å². The molecule has 4 rings (SSSR count). The molecule has 0 aliphatic rings. The Bertz CT molecular complexity index is 1940. The van der Waals surface area contributed by atoms with Crippen LogP contribution in [0.15, 0.2) is 84.9 Å². The molecule has 0 fully saturated rings. The second kappa shape index (κ2) is 20.8. The Hall–Kier alpha value is -4.81. The van der Waals surface area contributed by atoms with E-state index in [1.165, 1.54) is 14.2 Å². The molecule has 4 aromatic carbocycles. The molecular formula is C40H41Cl4N3O8. The van der Waals surface area contributed by atoms with Crippen LogP contribution >= 0.6 is 46.4 Å². The molecule has 0 aliphatic carbocycles. The number of hydrogen-bond acceptors (Lipinski definition) is 8. The van der Waals surface area contributed by atoms with Crippen molar-refractivity contribution in [3.05, 3.63) is 127 Å². The Morgan fingerprint density at radius 3 is 1.35 bits per heavy atom. The van der Waals surface area contributed by atoms with Gasteiger partial charge in [-0.15, -0.1) is 0 Å². The van der Waals surface area contributed by atoms with Gasteiger partial charge in [0.2, 0.25) is 0 Å². The Morgan fingerprint density at radius 1 is 0.600 bits per heavy atom. The molecular weight excluding hydrogens is 792 g/mol. The zero-order chi connectivity index (χ0) is 40.9. The highest BCUT2D eigenvalue weighted by atomic mass is 35.5. The summed E-state index contributed by atoms with van der Waals surface area (Å²) >= 11 is 24.2. The molecule has 0 aromatic heterocycles. The van der Waals surface area contributed by atoms with Gasteiger partial charge in [-0.05, 0) is 86.8 Å². The van der Waals surface area contributed by atoms with Crippen molar-refractivity contribution in [3.63, 3.8) is 0 Å². The van der Waals surface area contributed by atoms with E-state index in [1.807, 2.05) is 12.1 Å². The topological polar surface area (TPSA) is 149 Å². The zero-order valence-corrected chi connectivity index (χ0v) is 34.0. The molecule has 15 heteroatoms. The van der Waals surface area contributed by atoms with Crippen LogP contribution in [0.25, 0.3) is 0 Å². The highest BCUT2D eigenvalue weighted by Gasteiger charge is 2.25. The van der Waals surface area contributed by atoms with Crippen LogP contribution in [-0.2, 0) is 36.6 Å². The van der Waals surface area contributed by atoms with E-state index in [4.69, 9.17) is 60.6 Å². The highest BCUT2D eigenvalue weighted by Crippen LogP contribution is 2.27. The van der Waals surface area contributed by atoms with E-state index in [0.717, 1.165) is 11.1 Å². The van der Waals surface area contributed by atoms with Gasteiger partial charge in [0.25, 0.3) is 11.8 Å². The van der Waals surface area contributed by atoms with Gasteiger partial charge in [0.05, 0.1) is 51.4 Å². The molecule has 4 aromatic rings. The molecule has 3 amide bonds. The third kappa shape index (κ3) is 14.1. The number of halogens is 4. The smallest absolute Gasteiger partial charge is 0.408 e. The fourth-order valence-electron chi connectivity index (χ4n) is 4.92. The van der Waals surface area contributed by atoms with Crippen LogP contribution in [0, 0.1) is 5.92 Å². The number of nitrogens with one attached hydrogen (secondary N) is 3. The number of alkyl carbamates (subject to hydrolysis) is 1. The van der Waals surface area contributed by atoms with Crippen LogP contribution in [0.5, 0.6) is 0 Å². The van der Waals surface area contributed by atoms with Crippen molar-refractivity contribution >= 4 is 87.6 Å². The lowest BCUT2D eigenvalue weighted by atomic mass is 10.0. The van der Waals surface area contributed by atoms with E-state index < -0.39 is 29.6 Å². The molecule has 0 heterocycles. The zero-order valence-electron chi connectivity index (χ0n) is 30.9. The molecule has 3 N–H and O–H groups in total. The summed E-state index contributed by atoms with van der Waals surface area (Å²) in [4.78, 5) is 60.3. The third-order valence-electron chi connectivity index (χ3n) is 7.57. The summed E-state index contributed by atoms with van der Waals surface area (Å²) in [5.41, 5.74) is 2.56. The number of carbonyl (C=O) groups excluding carboxylic acids is 5. The number of carbonyl (C=O) groups is 5. The van der Waals surface area contributed by atoms with Crippen LogP contribution in [0.2, 0.25) is 20.1 Å². The normalized spacial score (nSPS) is 11.8. The lowest BCUT2D eigenvalue weighted by molar-refractivity contribution is -0.145. The number of anilines is 2. The average Bonchev–Trinajstić information content (AvgIpc) is 3.11. The Balaban J connectivity index is 0.000000305. The Labute approximate surface area is 339 Å². The molecule has 0 bridgehead atoms. The minimum Gasteiger partial charge on any atom is -0.469 e. The summed E-state index contributed by atoms with van der Waals surface area (Å²) in [6.07, 6.45) is 0.0247. The van der Waals surface area contributed by atoms with Gasteiger partial charge in [0.15, 0.2) is 0 Å². The van der Waals surface area contributed by atoms with Gasteiger partial charge < -0.3 is 30.2 Å². The number of benzene rings is 4. The van der Waals surface area contributed by atoms with E-state index in [2.05, 4.69) is 16.0 Å². The quantitative estimate of drug-likeness (QED) is 0.100. The molecule has 2 unspecified atom stereocenters. The fourth-order valence-corrected chi connectivity index (χ4v) is 6.06. The second-order valence-electron chi connectivity index (χ2n) is 13.0. The number of rotatable bonds is 11. The fraction of sp³-hybridized carbons (Fsp3) is 0.275. The second-order valence-corrected chi connectivity index (χ2v) is 14.7. The SMILES string of the molecule is COC(=O)C(C)Cc1ccc(NC(=O)c2c(Cl)cccc2Cl)cc1.COC(=O)C(Cc1ccc(NC(=O)c2c(Cl)cccc2Cl)cc1)NC(=O)OC(C)(C)C. The molecule has 0 saturated carbocycles. The predicted molar refractivity (Wildman–Crippen MR) is 215 cm³/mol. The summed E-state index contributed by atoms with van der Waals surface area (Å²) in [5.74, 6) is -1.89. The van der Waals surface area contributed by atoms with Gasteiger partial charge in [-0.3, -0.25) is 14.4 Å². The summed E-state index contributed by atoms with van der Waals surface area (Å²) < 4.78 is 14.7. The van der Waals surface area contributed by atoms with Gasteiger partial charge in [0.1, 0.15) is 11.6 Å². The lowest BCUT2D eigenvalue weighted by Gasteiger charge is -2.22. The third-order valence-corrected chi connectivity index (χ3v) is 8.83. The van der Waals surface area contributed by atoms with Gasteiger partial charge in [-0.1, -0.05) is 89.7 Å². The summed E-state index contributed by atoms with van der Waals surface area (Å²) in [6, 6.07) is 22.8. The van der Waals surface area contributed by atoms with E-state index in [-0.39, 0.29) is 45.4 Å². The maximum Gasteiger partial charge on any atom is 0.408 e. The van der Waals surface area contributed by atoms with Gasteiger partial charge in [-0.2, -0.15) is 0 Å². The van der Waals surface area contributed by atoms with Gasteiger partial charge in [-0.25, -0.2) is 9.59 Å². The number of esters is 2. The summed E-state index contributed by atoms with van der Waals surface area (Å²) in [6.45, 7) is 6.98. The van der Waals surface area contributed by atoms with Crippen molar-refractivity contribution in [2.45, 2.75) is 52.2 Å². The Kier molecular flexibility index (Phi) is 16.8. The van der Waals surface area contributed by atoms with Crippen molar-refractivity contribution in [1.29, 1.82) is 0 Å². The molecule has 0 aliphatic heterocycles. The van der Waals surface area contributed by atoms with Crippen molar-refractivity contribution in [3.8, 4) is 0 Å². The molecule has 11 nitrogen and oxygen atoms in total. The van der Waals surface area contributed by atoms with E-state index in [9.17, 15) is 24.0 Å². The van der Waals surface area contributed by atoms with Crippen molar-refractivity contribution in [2.24, 2.45) is 5.92 Å². The maximum absolute atomic E-state index is 12.5. The molecule has 0 radical (unpaired) electrons. The first-order valence-corrected chi connectivity index (χ1v) is 18.3. The first-order valence-electron chi connectivity index (χ1n) is 16.8. The van der Waals surface area contributed by atoms with Crippen molar-refractivity contribution < 1.29 is 38.2 Å². The molecule has 0 saturated heterocycles. The van der Waals surface area contributed by atoms with Crippen LogP contribution < -0.4 is 16.0 Å². The number of hydrogen-bond donors (Lipinski definition) is 3. The number of ether oxygens (including phenoxy) is 3. The van der Waals surface area contributed by atoms with Crippen LogP contribution in [0.1, 0.15) is 59.5 Å². The first-order chi connectivity index (χ1) is 25.9. The van der Waals surface area contributed by atoms with E-state index in [1.54, 1.807) is 100 Å². The molecule has 0 spiro atoms. The minimum absolute atomic E-state index is 0.177. The summed E-state index contributed by atoms with van der Waals surface area (Å²) in [7, 11) is 2.61. The molecule has 2 atom stereocenters. The average molecular weight is 834 g/mol. The van der Waals surface area contributed by atoms with Crippen molar-refractivity contribution in [2.75, 3.05) is 24.9 Å². The molecule has 55 heavy (non-hydrogen) atoms. The van der Waals surface area contributed by atoms with Gasteiger partial charge >= 0.3 is 18.0 Å². The van der Waals surface area contributed by atoms with Crippen LogP contribution in [0.4, 0.5) is 16.2 Å². The van der Waals surface area contributed by atoms with Crippen molar-refractivity contribution in [1.82, 2.24) is 5.32 Å². The first kappa shape index (κ1) is 44.6. The highest BCUT2D eigenvalue weighted by molar-refractivity contribution is 6.41. The van der Waals surface area contributed by atoms with Crippen LogP contribution in [-0.4, -0.2) is 55.7 Å². The maximum atomic E-state index is 12.5. The monoisotopic (exact) mass is 831 g/mol.